The van der Waals surface area contributed by atoms with E-state index in [0.717, 1.165) is 41.6 Å². The number of hydrogen-bond donors (Lipinski definition) is 2. The van der Waals surface area contributed by atoms with Crippen LogP contribution in [0.15, 0.2) is 66.7 Å². The Hall–Kier alpha value is -3.19. The first-order chi connectivity index (χ1) is 18.7. The summed E-state index contributed by atoms with van der Waals surface area (Å²) in [6.07, 6.45) is 3.78. The van der Waals surface area contributed by atoms with Crippen LogP contribution in [-0.4, -0.2) is 6.03 Å². The lowest BCUT2D eigenvalue weighted by atomic mass is 9.53. The summed E-state index contributed by atoms with van der Waals surface area (Å²) in [5, 5.41) is 4.58. The molecule has 8 heteroatoms. The maximum atomic E-state index is 13.1. The number of rotatable bonds is 5. The lowest BCUT2D eigenvalue weighted by Crippen LogP contribution is -2.41. The van der Waals surface area contributed by atoms with Crippen molar-refractivity contribution in [2.75, 3.05) is 10.6 Å². The van der Waals surface area contributed by atoms with Gasteiger partial charge in [-0.1, -0.05) is 30.2 Å². The molecule has 3 aromatic rings. The summed E-state index contributed by atoms with van der Waals surface area (Å²) in [5.74, 6) is 5.64. The third-order valence-corrected chi connectivity index (χ3v) is 9.07. The van der Waals surface area contributed by atoms with Gasteiger partial charge in [-0.05, 0) is 122 Å². The van der Waals surface area contributed by atoms with E-state index in [9.17, 15) is 18.0 Å². The van der Waals surface area contributed by atoms with Crippen molar-refractivity contribution >= 4 is 29.0 Å². The SMILES string of the molecule is O=C(Nc1ccc(Oc2ccc(C3CC4CC5CCC3C(C5)C4)cc2)cc1)Nc1ccc(Cl)c(C(F)(F)F)c1. The van der Waals surface area contributed by atoms with Crippen LogP contribution in [-0.2, 0) is 6.18 Å². The fourth-order valence-corrected chi connectivity index (χ4v) is 7.37. The normalized spacial score (nSPS) is 25.7. The fourth-order valence-electron chi connectivity index (χ4n) is 7.14. The molecule has 5 unspecified atom stereocenters. The monoisotopic (exact) mass is 554 g/mol. The minimum atomic E-state index is -4.62. The minimum absolute atomic E-state index is 0.0169. The maximum Gasteiger partial charge on any atom is 0.417 e. The molecule has 3 saturated carbocycles. The molecule has 5 atom stereocenters. The van der Waals surface area contributed by atoms with Gasteiger partial charge in [0.25, 0.3) is 0 Å². The topological polar surface area (TPSA) is 50.4 Å². The van der Waals surface area contributed by atoms with E-state index in [1.165, 1.54) is 50.2 Å². The van der Waals surface area contributed by atoms with E-state index in [-0.39, 0.29) is 5.69 Å². The van der Waals surface area contributed by atoms with Crippen molar-refractivity contribution in [2.45, 2.75) is 50.6 Å². The number of carbonyl (C=O) groups excluding carboxylic acids is 1. The number of ether oxygens (including phenoxy) is 1. The van der Waals surface area contributed by atoms with Crippen LogP contribution in [0.1, 0.15) is 55.6 Å². The van der Waals surface area contributed by atoms with Crippen LogP contribution in [0, 0.1) is 23.7 Å². The number of hydrogen-bond acceptors (Lipinski definition) is 2. The van der Waals surface area contributed by atoms with E-state index in [1.54, 1.807) is 24.3 Å². The molecule has 3 aliphatic rings. The van der Waals surface area contributed by atoms with Gasteiger partial charge in [0.1, 0.15) is 11.5 Å². The van der Waals surface area contributed by atoms with Gasteiger partial charge in [0.15, 0.2) is 0 Å². The van der Waals surface area contributed by atoms with Crippen LogP contribution in [0.3, 0.4) is 0 Å². The highest BCUT2D eigenvalue weighted by molar-refractivity contribution is 6.31. The number of urea groups is 1. The predicted octanol–water partition coefficient (Wildman–Crippen LogP) is 9.72. The molecule has 0 aliphatic heterocycles. The molecule has 6 rings (SSSR count). The molecular weight excluding hydrogens is 525 g/mol. The zero-order valence-electron chi connectivity index (χ0n) is 21.3. The van der Waals surface area contributed by atoms with Crippen LogP contribution >= 0.6 is 11.6 Å². The molecule has 3 fully saturated rings. The van der Waals surface area contributed by atoms with Crippen molar-refractivity contribution in [1.29, 1.82) is 0 Å². The molecule has 2 amide bonds. The molecule has 3 bridgehead atoms. The fraction of sp³-hybridized carbons (Fsp3) is 0.387. The van der Waals surface area contributed by atoms with Gasteiger partial charge < -0.3 is 15.4 Å². The molecule has 3 aromatic carbocycles. The number of fused-ring (bicyclic) bond motifs is 2. The van der Waals surface area contributed by atoms with Crippen LogP contribution in [0.5, 0.6) is 11.5 Å². The van der Waals surface area contributed by atoms with E-state index in [0.29, 0.717) is 17.4 Å². The van der Waals surface area contributed by atoms with Gasteiger partial charge in [-0.3, -0.25) is 0 Å². The zero-order chi connectivity index (χ0) is 27.1. The Labute approximate surface area is 230 Å². The van der Waals surface area contributed by atoms with Crippen molar-refractivity contribution in [3.05, 3.63) is 82.9 Å². The van der Waals surface area contributed by atoms with E-state index in [2.05, 4.69) is 22.8 Å². The Morgan fingerprint density at radius 2 is 1.44 bits per heavy atom. The molecule has 0 spiro atoms. The highest BCUT2D eigenvalue weighted by Gasteiger charge is 2.45. The first-order valence-electron chi connectivity index (χ1n) is 13.5. The molecule has 0 radical (unpaired) electrons. The highest BCUT2D eigenvalue weighted by atomic mass is 35.5. The van der Waals surface area contributed by atoms with Gasteiger partial charge in [0.2, 0.25) is 0 Å². The lowest BCUT2D eigenvalue weighted by Gasteiger charge is -2.52. The Morgan fingerprint density at radius 3 is 2.15 bits per heavy atom. The third-order valence-electron chi connectivity index (χ3n) is 8.74. The quantitative estimate of drug-likeness (QED) is 0.330. The Balaban J connectivity index is 1.05. The number of nitrogens with one attached hydrogen (secondary N) is 2. The van der Waals surface area contributed by atoms with Crippen molar-refractivity contribution in [3.63, 3.8) is 0 Å². The van der Waals surface area contributed by atoms with Crippen molar-refractivity contribution in [1.82, 2.24) is 0 Å². The summed E-state index contributed by atoms with van der Waals surface area (Å²) in [4.78, 5) is 12.3. The first-order valence-corrected chi connectivity index (χ1v) is 13.9. The van der Waals surface area contributed by atoms with Crippen LogP contribution in [0.25, 0.3) is 0 Å². The van der Waals surface area contributed by atoms with Crippen LogP contribution in [0.4, 0.5) is 29.3 Å². The van der Waals surface area contributed by atoms with E-state index in [4.69, 9.17) is 16.3 Å². The second-order valence-electron chi connectivity index (χ2n) is 11.2. The van der Waals surface area contributed by atoms with Crippen LogP contribution < -0.4 is 15.4 Å². The second kappa shape index (κ2) is 10.4. The summed E-state index contributed by atoms with van der Waals surface area (Å²) < 4.78 is 45.2. The standard InChI is InChI=1S/C31H30ClF3N2O2/c32-29-12-6-23(17-28(29)31(33,34)35)37-30(38)36-22-4-9-25(10-5-22)39-24-7-2-20(3-8-24)27-16-19-13-18-1-11-26(27)21(14-18)15-19/h2-10,12,17-19,21,26-27H,1,11,13-16H2,(H2,36,37,38). The highest BCUT2D eigenvalue weighted by Crippen LogP contribution is 2.57. The van der Waals surface area contributed by atoms with E-state index >= 15 is 0 Å². The third kappa shape index (κ3) is 5.74. The van der Waals surface area contributed by atoms with Gasteiger partial charge in [0.05, 0.1) is 10.6 Å². The Kier molecular flexibility index (Phi) is 6.96. The first kappa shape index (κ1) is 26.1. The summed E-state index contributed by atoms with van der Waals surface area (Å²) in [6.45, 7) is 0. The molecule has 2 N–H and O–H groups in total. The van der Waals surface area contributed by atoms with Gasteiger partial charge in [-0.15, -0.1) is 0 Å². The van der Waals surface area contributed by atoms with Crippen molar-refractivity contribution in [2.24, 2.45) is 23.7 Å². The molecule has 0 aromatic heterocycles. The van der Waals surface area contributed by atoms with Crippen molar-refractivity contribution in [3.8, 4) is 11.5 Å². The molecular formula is C31H30ClF3N2O2. The number of alkyl halides is 3. The Bertz CT molecular complexity index is 1340. The average molecular weight is 555 g/mol. The average Bonchev–Trinajstić information content (AvgIpc) is 2.89. The number of carbonyl (C=O) groups is 1. The largest absolute Gasteiger partial charge is 0.457 e. The predicted molar refractivity (Wildman–Crippen MR) is 146 cm³/mol. The molecule has 39 heavy (non-hydrogen) atoms. The summed E-state index contributed by atoms with van der Waals surface area (Å²) >= 11 is 5.63. The maximum absolute atomic E-state index is 13.1. The Morgan fingerprint density at radius 1 is 0.795 bits per heavy atom. The zero-order valence-corrected chi connectivity index (χ0v) is 22.1. The number of amides is 2. The number of benzene rings is 3. The molecule has 3 aliphatic carbocycles. The van der Waals surface area contributed by atoms with Gasteiger partial charge in [-0.2, -0.15) is 13.2 Å². The summed E-state index contributed by atoms with van der Waals surface area (Å²) in [7, 11) is 0. The van der Waals surface area contributed by atoms with Crippen LogP contribution in [0.2, 0.25) is 5.02 Å². The van der Waals surface area contributed by atoms with Gasteiger partial charge >= 0.3 is 12.2 Å². The van der Waals surface area contributed by atoms with Gasteiger partial charge in [0, 0.05) is 11.4 Å². The number of halogens is 4. The smallest absolute Gasteiger partial charge is 0.417 e. The molecule has 0 saturated heterocycles. The van der Waals surface area contributed by atoms with Crippen molar-refractivity contribution < 1.29 is 22.7 Å². The van der Waals surface area contributed by atoms with E-state index < -0.39 is 22.8 Å². The minimum Gasteiger partial charge on any atom is -0.457 e. The second-order valence-corrected chi connectivity index (χ2v) is 11.7. The molecule has 4 nitrogen and oxygen atoms in total. The summed E-state index contributed by atoms with van der Waals surface area (Å²) in [6, 6.07) is 17.8. The molecule has 204 valence electrons. The van der Waals surface area contributed by atoms with Gasteiger partial charge in [-0.25, -0.2) is 4.79 Å². The number of anilines is 2. The van der Waals surface area contributed by atoms with E-state index in [1.807, 2.05) is 12.1 Å². The molecule has 0 heterocycles. The summed E-state index contributed by atoms with van der Waals surface area (Å²) in [5.41, 5.74) is 0.871. The lowest BCUT2D eigenvalue weighted by molar-refractivity contribution is -0.137.